The zero-order valence-corrected chi connectivity index (χ0v) is 55.7. The Kier molecular flexibility index (Phi) is 13.4. The second-order valence-electron chi connectivity index (χ2n) is 29.6. The van der Waals surface area contributed by atoms with Gasteiger partial charge in [0.1, 0.15) is 0 Å². The van der Waals surface area contributed by atoms with Crippen molar-refractivity contribution < 1.29 is 0 Å². The molecule has 15 aromatic carbocycles. The molecule has 2 heterocycles. The first-order valence-electron chi connectivity index (χ1n) is 33.8. The van der Waals surface area contributed by atoms with Crippen LogP contribution in [0.1, 0.15) is 79.0 Å². The van der Waals surface area contributed by atoms with E-state index in [1.165, 1.54) is 166 Å². The van der Waals surface area contributed by atoms with Crippen LogP contribution in [0.2, 0.25) is 0 Å². The maximum Gasteiger partial charge on any atom is 0.252 e. The van der Waals surface area contributed by atoms with E-state index < -0.39 is 0 Å². The molecule has 0 N–H and O–H groups in total. The summed E-state index contributed by atoms with van der Waals surface area (Å²) in [7, 11) is 0. The van der Waals surface area contributed by atoms with Crippen molar-refractivity contribution >= 4 is 100 Å². The molecule has 0 spiro atoms. The first-order chi connectivity index (χ1) is 46.0. The van der Waals surface area contributed by atoms with Crippen LogP contribution in [-0.4, -0.2) is 6.71 Å². The largest absolute Gasteiger partial charge is 0.310 e. The molecular formula is C92H75BN2. The molecule has 2 aliphatic heterocycles. The predicted molar refractivity (Wildman–Crippen MR) is 410 cm³/mol. The molecule has 0 fully saturated rings. The van der Waals surface area contributed by atoms with Gasteiger partial charge in [0.15, 0.2) is 0 Å². The standard InChI is InChI=1S/C92H75BN2/c1-90(2,3)67-52-74(59-30-17-11-18-31-59)88(75(53-67)60-32-19-12-20-33-60)94-80-49-46-65(58-28-15-10-16-29-58)50-79(80)93-78-48-45-66(70-47-44-64-40-26-42-72-71-41-25-38-63-39-27-43-73(84(63)71)86(70)85(64)72)51-81(78)95(83-57-69(92(7,8)9)56-82(94)87(83)93)89-76(61-34-21-13-22-35-61)54-68(91(4,5)6)55-77(89)62-36-23-14-24-37-62/h10-57H,1-9H3. The van der Waals surface area contributed by atoms with Crippen molar-refractivity contribution in [1.82, 2.24) is 0 Å². The van der Waals surface area contributed by atoms with E-state index in [0.29, 0.717) is 0 Å². The molecule has 0 bridgehead atoms. The Morgan fingerprint density at radius 1 is 0.242 bits per heavy atom. The van der Waals surface area contributed by atoms with Crippen molar-refractivity contribution in [2.75, 3.05) is 9.80 Å². The van der Waals surface area contributed by atoms with Gasteiger partial charge in [-0.15, -0.1) is 0 Å². The number of rotatable bonds is 8. The number of nitrogens with zero attached hydrogens (tertiary/aromatic N) is 2. The highest BCUT2D eigenvalue weighted by molar-refractivity contribution is 7.00. The molecule has 17 rings (SSSR count). The zero-order valence-electron chi connectivity index (χ0n) is 55.7. The smallest absolute Gasteiger partial charge is 0.252 e. The number of anilines is 6. The van der Waals surface area contributed by atoms with Gasteiger partial charge in [0, 0.05) is 45.0 Å². The fourth-order valence-electron chi connectivity index (χ4n) is 15.8. The fourth-order valence-corrected chi connectivity index (χ4v) is 15.8. The van der Waals surface area contributed by atoms with Crippen LogP contribution in [-0.2, 0) is 16.2 Å². The minimum atomic E-state index is -0.290. The van der Waals surface area contributed by atoms with E-state index in [-0.39, 0.29) is 23.0 Å². The van der Waals surface area contributed by atoms with Crippen molar-refractivity contribution in [2.45, 2.75) is 78.6 Å². The van der Waals surface area contributed by atoms with Crippen molar-refractivity contribution in [2.24, 2.45) is 0 Å². The van der Waals surface area contributed by atoms with E-state index in [0.717, 1.165) is 11.4 Å². The molecule has 0 saturated heterocycles. The number of benzene rings is 15. The summed E-state index contributed by atoms with van der Waals surface area (Å²) in [6.07, 6.45) is 0. The average molecular weight is 1220 g/mol. The quantitative estimate of drug-likeness (QED) is 0.0850. The van der Waals surface area contributed by atoms with Gasteiger partial charge in [-0.1, -0.05) is 305 Å². The third kappa shape index (κ3) is 9.53. The Labute approximate surface area is 559 Å². The summed E-state index contributed by atoms with van der Waals surface area (Å²) in [5.74, 6) is 0. The third-order valence-electron chi connectivity index (χ3n) is 20.6. The highest BCUT2D eigenvalue weighted by atomic mass is 15.2. The number of hydrogen-bond donors (Lipinski definition) is 0. The first kappa shape index (κ1) is 58.1. The van der Waals surface area contributed by atoms with Crippen LogP contribution in [0.4, 0.5) is 34.1 Å². The Morgan fingerprint density at radius 3 is 1.11 bits per heavy atom. The van der Waals surface area contributed by atoms with E-state index in [1.54, 1.807) is 0 Å². The van der Waals surface area contributed by atoms with Gasteiger partial charge in [-0.2, -0.15) is 0 Å². The number of hydrogen-bond acceptors (Lipinski definition) is 2. The van der Waals surface area contributed by atoms with E-state index in [2.05, 4.69) is 363 Å². The van der Waals surface area contributed by atoms with Crippen molar-refractivity contribution in [3.8, 4) is 66.8 Å². The summed E-state index contributed by atoms with van der Waals surface area (Å²) < 4.78 is 0. The van der Waals surface area contributed by atoms with E-state index in [9.17, 15) is 0 Å². The lowest BCUT2D eigenvalue weighted by Gasteiger charge is -2.47. The van der Waals surface area contributed by atoms with E-state index in [4.69, 9.17) is 0 Å². The van der Waals surface area contributed by atoms with Crippen molar-refractivity contribution in [3.05, 3.63) is 308 Å². The molecule has 2 nitrogen and oxygen atoms in total. The fraction of sp³-hybridized carbons (Fsp3) is 0.130. The summed E-state index contributed by atoms with van der Waals surface area (Å²) in [5.41, 5.74) is 28.2. The number of fused-ring (bicyclic) bond motifs is 6. The first-order valence-corrected chi connectivity index (χ1v) is 33.8. The molecule has 0 amide bonds. The molecule has 0 aromatic heterocycles. The molecule has 0 aliphatic carbocycles. The minimum Gasteiger partial charge on any atom is -0.310 e. The molecule has 0 atom stereocenters. The summed E-state index contributed by atoms with van der Waals surface area (Å²) in [5, 5.41) is 10.3. The molecule has 2 aliphatic rings. The Balaban J connectivity index is 1.06. The second kappa shape index (κ2) is 21.9. The Bertz CT molecular complexity index is 5390. The van der Waals surface area contributed by atoms with Crippen molar-refractivity contribution in [1.29, 1.82) is 0 Å². The zero-order chi connectivity index (χ0) is 64.6. The van der Waals surface area contributed by atoms with Gasteiger partial charge in [-0.05, 0) is 185 Å². The molecular weight excluding hydrogens is 1140 g/mol. The molecule has 3 heteroatoms. The second-order valence-corrected chi connectivity index (χ2v) is 29.6. The highest BCUT2D eigenvalue weighted by Crippen LogP contribution is 2.56. The van der Waals surface area contributed by atoms with Gasteiger partial charge in [0.05, 0.1) is 11.4 Å². The predicted octanol–water partition coefficient (Wildman–Crippen LogP) is 23.7. The highest BCUT2D eigenvalue weighted by Gasteiger charge is 2.46. The van der Waals surface area contributed by atoms with Gasteiger partial charge in [-0.3, -0.25) is 0 Å². The van der Waals surface area contributed by atoms with Crippen LogP contribution in [0, 0.1) is 0 Å². The van der Waals surface area contributed by atoms with Gasteiger partial charge >= 0.3 is 0 Å². The van der Waals surface area contributed by atoms with E-state index >= 15 is 0 Å². The topological polar surface area (TPSA) is 6.48 Å². The van der Waals surface area contributed by atoms with Gasteiger partial charge < -0.3 is 9.80 Å². The molecule has 95 heavy (non-hydrogen) atoms. The SMILES string of the molecule is CC(C)(C)c1cc(-c2ccccc2)c(N2c3ccc(-c4ccccc4)cc3B3c4ccc(-c5ccc6cccc7c8cccc9cccc(c5c67)c98)cc4N(c4c(-c5ccccc5)cc(C(C)(C)C)cc4-c4ccccc4)c4cc(C(C)(C)C)cc2c43)c(-c2ccccc2)c1. The maximum atomic E-state index is 2.75. The van der Waals surface area contributed by atoms with Crippen LogP contribution in [0.15, 0.2) is 291 Å². The molecule has 0 saturated carbocycles. The average Bonchev–Trinajstić information content (AvgIpc) is 0.692. The van der Waals surface area contributed by atoms with Gasteiger partial charge in [0.2, 0.25) is 0 Å². The maximum absolute atomic E-state index is 2.75. The van der Waals surface area contributed by atoms with Crippen LogP contribution >= 0.6 is 0 Å². The van der Waals surface area contributed by atoms with E-state index in [1.807, 2.05) is 0 Å². The van der Waals surface area contributed by atoms with Gasteiger partial charge in [0.25, 0.3) is 6.71 Å². The van der Waals surface area contributed by atoms with Crippen LogP contribution in [0.3, 0.4) is 0 Å². The van der Waals surface area contributed by atoms with Crippen molar-refractivity contribution in [3.63, 3.8) is 0 Å². The summed E-state index contributed by atoms with van der Waals surface area (Å²) in [4.78, 5) is 5.45. The lowest BCUT2D eigenvalue weighted by Crippen LogP contribution is -2.61. The normalized spacial score (nSPS) is 13.0. The third-order valence-corrected chi connectivity index (χ3v) is 20.6. The molecule has 456 valence electrons. The summed E-state index contributed by atoms with van der Waals surface area (Å²) in [6.45, 7) is 21.1. The van der Waals surface area contributed by atoms with Gasteiger partial charge in [-0.25, -0.2) is 0 Å². The Hall–Kier alpha value is -10.7. The van der Waals surface area contributed by atoms with Crippen LogP contribution in [0.5, 0.6) is 0 Å². The lowest BCUT2D eigenvalue weighted by molar-refractivity contribution is 0.590. The lowest BCUT2D eigenvalue weighted by atomic mass is 9.33. The minimum absolute atomic E-state index is 0.157. The monoisotopic (exact) mass is 1220 g/mol. The molecule has 0 radical (unpaired) electrons. The van der Waals surface area contributed by atoms with Crippen LogP contribution < -0.4 is 26.2 Å². The molecule has 0 unspecified atom stereocenters. The van der Waals surface area contributed by atoms with Crippen LogP contribution in [0.25, 0.3) is 110 Å². The molecule has 15 aromatic rings. The summed E-state index contributed by atoms with van der Waals surface area (Å²) >= 11 is 0. The Morgan fingerprint density at radius 2 is 0.642 bits per heavy atom. The summed E-state index contributed by atoms with van der Waals surface area (Å²) in [6, 6.07) is 111.